The second-order valence-electron chi connectivity index (χ2n) is 9.71. The zero-order valence-corrected chi connectivity index (χ0v) is 19.9. The molecule has 2 N–H and O–H groups in total. The van der Waals surface area contributed by atoms with Gasteiger partial charge in [0.2, 0.25) is 17.6 Å². The van der Waals surface area contributed by atoms with E-state index in [1.807, 2.05) is 0 Å². The van der Waals surface area contributed by atoms with E-state index >= 15 is 0 Å². The van der Waals surface area contributed by atoms with E-state index < -0.39 is 47.3 Å². The van der Waals surface area contributed by atoms with Gasteiger partial charge in [-0.25, -0.2) is 4.79 Å². The lowest BCUT2D eigenvalue weighted by molar-refractivity contribution is -0.143. The lowest BCUT2D eigenvalue weighted by atomic mass is 9.97. The number of Topliss-reactive ketones (excluding diaryl/α,β-unsaturated/α-hetero) is 2. The molecule has 1 saturated heterocycles. The fourth-order valence-electron chi connectivity index (χ4n) is 3.43. The summed E-state index contributed by atoms with van der Waals surface area (Å²) >= 11 is 0. The molecule has 1 unspecified atom stereocenters. The van der Waals surface area contributed by atoms with Gasteiger partial charge in [0.1, 0.15) is 17.7 Å². The predicted octanol–water partition coefficient (Wildman–Crippen LogP) is 1.83. The van der Waals surface area contributed by atoms with Gasteiger partial charge in [-0.1, -0.05) is 27.7 Å². The Morgan fingerprint density at radius 1 is 0.935 bits per heavy atom. The fourth-order valence-corrected chi connectivity index (χ4v) is 3.43. The monoisotopic (exact) mass is 439 g/mol. The summed E-state index contributed by atoms with van der Waals surface area (Å²) in [7, 11) is 0. The fraction of sp³-hybridized carbons (Fsp3) is 0.773. The van der Waals surface area contributed by atoms with Gasteiger partial charge in [0.25, 0.3) is 0 Å². The number of ether oxygens (including phenoxy) is 1. The molecular formula is C22H37N3O6. The van der Waals surface area contributed by atoms with E-state index in [4.69, 9.17) is 4.74 Å². The van der Waals surface area contributed by atoms with Crippen LogP contribution in [-0.2, 0) is 23.9 Å². The molecule has 1 aliphatic heterocycles. The molecule has 0 spiro atoms. The average molecular weight is 440 g/mol. The summed E-state index contributed by atoms with van der Waals surface area (Å²) in [6.07, 6.45) is 0.355. The zero-order chi connectivity index (χ0) is 24.1. The van der Waals surface area contributed by atoms with Crippen molar-refractivity contribution in [2.45, 2.75) is 92.0 Å². The highest BCUT2D eigenvalue weighted by Crippen LogP contribution is 2.21. The molecule has 0 aromatic rings. The second-order valence-corrected chi connectivity index (χ2v) is 9.71. The number of alkyl carbamates (subject to hydrolysis) is 1. The van der Waals surface area contributed by atoms with Gasteiger partial charge in [0, 0.05) is 13.5 Å². The molecule has 1 heterocycles. The smallest absolute Gasteiger partial charge is 0.408 e. The van der Waals surface area contributed by atoms with Crippen LogP contribution in [-0.4, -0.2) is 64.6 Å². The Morgan fingerprint density at radius 2 is 1.48 bits per heavy atom. The molecule has 0 aromatic carbocycles. The lowest BCUT2D eigenvalue weighted by Gasteiger charge is -2.32. The minimum Gasteiger partial charge on any atom is -0.444 e. The maximum absolute atomic E-state index is 13.2. The first-order valence-electron chi connectivity index (χ1n) is 10.8. The van der Waals surface area contributed by atoms with Crippen LogP contribution in [0.4, 0.5) is 4.79 Å². The van der Waals surface area contributed by atoms with Crippen molar-refractivity contribution in [2.24, 2.45) is 11.8 Å². The number of carbonyl (C=O) groups excluding carboxylic acids is 5. The number of ketones is 2. The van der Waals surface area contributed by atoms with Gasteiger partial charge in [-0.15, -0.1) is 0 Å². The van der Waals surface area contributed by atoms with Crippen LogP contribution in [0.3, 0.4) is 0 Å². The predicted molar refractivity (Wildman–Crippen MR) is 115 cm³/mol. The summed E-state index contributed by atoms with van der Waals surface area (Å²) in [4.78, 5) is 63.5. The van der Waals surface area contributed by atoms with E-state index in [9.17, 15) is 24.0 Å². The van der Waals surface area contributed by atoms with Crippen LogP contribution in [0.5, 0.6) is 0 Å². The van der Waals surface area contributed by atoms with Crippen LogP contribution in [0.2, 0.25) is 0 Å². The number of nitrogens with one attached hydrogen (secondary N) is 2. The Labute approximate surface area is 184 Å². The first-order valence-corrected chi connectivity index (χ1v) is 10.8. The highest BCUT2D eigenvalue weighted by molar-refractivity contribution is 6.38. The SMILES string of the molecule is CC(=O)C(=O)C(NC(=O)[C@@H]1CCCN1C(=O)[C@@H](NC(=O)OC(C)(C)C)C(C)C)C(C)C. The van der Waals surface area contributed by atoms with E-state index in [1.165, 1.54) is 11.8 Å². The molecule has 176 valence electrons. The number of likely N-dealkylation sites (tertiary alicyclic amines) is 1. The first kappa shape index (κ1) is 26.6. The van der Waals surface area contributed by atoms with Crippen molar-refractivity contribution in [3.8, 4) is 0 Å². The number of hydrogen-bond donors (Lipinski definition) is 2. The lowest BCUT2D eigenvalue weighted by Crippen LogP contribution is -2.57. The normalized spacial score (nSPS) is 18.5. The van der Waals surface area contributed by atoms with Crippen molar-refractivity contribution >= 4 is 29.5 Å². The minimum atomic E-state index is -0.941. The number of hydrogen-bond acceptors (Lipinski definition) is 6. The van der Waals surface area contributed by atoms with Crippen LogP contribution in [0, 0.1) is 11.8 Å². The van der Waals surface area contributed by atoms with E-state index in [-0.39, 0.29) is 17.7 Å². The van der Waals surface area contributed by atoms with E-state index in [0.717, 1.165) is 0 Å². The highest BCUT2D eigenvalue weighted by atomic mass is 16.6. The molecule has 0 aliphatic carbocycles. The van der Waals surface area contributed by atoms with Crippen LogP contribution < -0.4 is 10.6 Å². The molecule has 0 bridgehead atoms. The van der Waals surface area contributed by atoms with Crippen LogP contribution in [0.1, 0.15) is 68.2 Å². The summed E-state index contributed by atoms with van der Waals surface area (Å²) in [5, 5.41) is 5.27. The molecule has 1 rings (SSSR count). The summed E-state index contributed by atoms with van der Waals surface area (Å²) in [5.74, 6) is -2.64. The number of amides is 3. The first-order chi connectivity index (χ1) is 14.2. The number of nitrogens with zero attached hydrogens (tertiary/aromatic N) is 1. The van der Waals surface area contributed by atoms with Gasteiger partial charge in [-0.05, 0) is 45.4 Å². The Morgan fingerprint density at radius 3 is 1.94 bits per heavy atom. The summed E-state index contributed by atoms with van der Waals surface area (Å²) in [6, 6.07) is -2.57. The maximum atomic E-state index is 13.2. The third kappa shape index (κ3) is 7.63. The molecule has 3 atom stereocenters. The van der Waals surface area contributed by atoms with Gasteiger partial charge < -0.3 is 20.3 Å². The van der Waals surface area contributed by atoms with Crippen molar-refractivity contribution in [1.82, 2.24) is 15.5 Å². The molecular weight excluding hydrogens is 402 g/mol. The van der Waals surface area contributed by atoms with Gasteiger partial charge in [0.05, 0.1) is 6.04 Å². The molecule has 0 aromatic heterocycles. The number of carbonyl (C=O) groups is 5. The Bertz CT molecular complexity index is 711. The van der Waals surface area contributed by atoms with Crippen molar-refractivity contribution in [3.05, 3.63) is 0 Å². The molecule has 0 radical (unpaired) electrons. The molecule has 31 heavy (non-hydrogen) atoms. The summed E-state index contributed by atoms with van der Waals surface area (Å²) in [5.41, 5.74) is -0.708. The molecule has 1 aliphatic rings. The Hall–Kier alpha value is -2.45. The van der Waals surface area contributed by atoms with Gasteiger partial charge in [-0.2, -0.15) is 0 Å². The molecule has 1 fully saturated rings. The van der Waals surface area contributed by atoms with E-state index in [0.29, 0.717) is 19.4 Å². The maximum Gasteiger partial charge on any atom is 0.408 e. The Kier molecular flexibility index (Phi) is 9.20. The van der Waals surface area contributed by atoms with Crippen LogP contribution in [0.15, 0.2) is 0 Å². The highest BCUT2D eigenvalue weighted by Gasteiger charge is 2.40. The average Bonchev–Trinajstić information content (AvgIpc) is 3.10. The topological polar surface area (TPSA) is 122 Å². The van der Waals surface area contributed by atoms with E-state index in [1.54, 1.807) is 48.5 Å². The quantitative estimate of drug-likeness (QED) is 0.557. The zero-order valence-electron chi connectivity index (χ0n) is 19.9. The van der Waals surface area contributed by atoms with Gasteiger partial charge in [0.15, 0.2) is 5.78 Å². The van der Waals surface area contributed by atoms with Crippen molar-refractivity contribution in [3.63, 3.8) is 0 Å². The van der Waals surface area contributed by atoms with E-state index in [2.05, 4.69) is 10.6 Å². The van der Waals surface area contributed by atoms with Crippen molar-refractivity contribution in [1.29, 1.82) is 0 Å². The van der Waals surface area contributed by atoms with Gasteiger partial charge >= 0.3 is 6.09 Å². The third-order valence-corrected chi connectivity index (χ3v) is 5.04. The molecule has 3 amide bonds. The van der Waals surface area contributed by atoms with Crippen molar-refractivity contribution < 1.29 is 28.7 Å². The summed E-state index contributed by atoms with van der Waals surface area (Å²) < 4.78 is 5.26. The van der Waals surface area contributed by atoms with Gasteiger partial charge in [-0.3, -0.25) is 19.2 Å². The molecule has 9 nitrogen and oxygen atoms in total. The summed E-state index contributed by atoms with van der Waals surface area (Å²) in [6.45, 7) is 13.8. The minimum absolute atomic E-state index is 0.230. The van der Waals surface area contributed by atoms with Crippen LogP contribution >= 0.6 is 0 Å². The second kappa shape index (κ2) is 10.7. The van der Waals surface area contributed by atoms with Crippen LogP contribution in [0.25, 0.3) is 0 Å². The Balaban J connectivity index is 2.97. The standard InChI is InChI=1S/C22H37N3O6/c1-12(2)16(18(27)14(5)26)23-19(28)15-10-9-11-25(15)20(29)17(13(3)4)24-21(30)31-22(6,7)8/h12-13,15-17H,9-11H2,1-8H3,(H,23,28)(H,24,30)/t15-,16?,17-/m0/s1. The number of rotatable bonds is 8. The van der Waals surface area contributed by atoms with Crippen molar-refractivity contribution in [2.75, 3.05) is 6.54 Å². The molecule has 9 heteroatoms. The molecule has 0 saturated carbocycles. The largest absolute Gasteiger partial charge is 0.444 e. The third-order valence-electron chi connectivity index (χ3n) is 5.04.